The minimum absolute atomic E-state index is 0.294. The predicted molar refractivity (Wildman–Crippen MR) is 88.6 cm³/mol. The van der Waals surface area contributed by atoms with Gasteiger partial charge in [0, 0.05) is 24.3 Å². The first-order valence-electron chi connectivity index (χ1n) is 8.54. The number of aromatic nitrogens is 2. The summed E-state index contributed by atoms with van der Waals surface area (Å²) in [6, 6.07) is 0.507. The molecule has 120 valence electrons. The molecule has 1 aliphatic rings. The highest BCUT2D eigenvalue weighted by atomic mass is 15.3. The van der Waals surface area contributed by atoms with Gasteiger partial charge in [0.15, 0.2) is 0 Å². The van der Waals surface area contributed by atoms with E-state index in [4.69, 9.17) is 0 Å². The Balaban J connectivity index is 2.18. The van der Waals surface area contributed by atoms with Crippen molar-refractivity contribution < 1.29 is 0 Å². The van der Waals surface area contributed by atoms with Gasteiger partial charge in [0.25, 0.3) is 0 Å². The van der Waals surface area contributed by atoms with Crippen molar-refractivity contribution in [2.75, 3.05) is 20.6 Å². The van der Waals surface area contributed by atoms with E-state index in [0.717, 1.165) is 19.5 Å². The van der Waals surface area contributed by atoms with Gasteiger partial charge in [-0.05, 0) is 52.4 Å². The summed E-state index contributed by atoms with van der Waals surface area (Å²) in [6.45, 7) is 6.34. The highest BCUT2D eigenvalue weighted by molar-refractivity contribution is 5.12. The van der Waals surface area contributed by atoms with Crippen molar-refractivity contribution in [3.8, 4) is 0 Å². The lowest BCUT2D eigenvalue weighted by molar-refractivity contribution is 0.0575. The van der Waals surface area contributed by atoms with Crippen molar-refractivity contribution in [1.29, 1.82) is 0 Å². The molecule has 1 aromatic rings. The Morgan fingerprint density at radius 2 is 2.00 bits per heavy atom. The first-order valence-corrected chi connectivity index (χ1v) is 8.54. The molecule has 0 amide bonds. The molecule has 0 aliphatic heterocycles. The molecule has 1 aromatic heterocycles. The highest BCUT2D eigenvalue weighted by Gasteiger charge is 2.41. The van der Waals surface area contributed by atoms with Crippen LogP contribution in [0.25, 0.3) is 0 Å². The van der Waals surface area contributed by atoms with Crippen LogP contribution < -0.4 is 5.32 Å². The number of nitrogens with zero attached hydrogens (tertiary/aromatic N) is 3. The Bertz CT molecular complexity index is 418. The molecular formula is C17H32N4. The Hall–Kier alpha value is -0.870. The molecule has 4 nitrogen and oxygen atoms in total. The second kappa shape index (κ2) is 7.41. The third-order valence-corrected chi connectivity index (χ3v) is 5.16. The molecule has 1 N–H and O–H groups in total. The van der Waals surface area contributed by atoms with Gasteiger partial charge >= 0.3 is 0 Å². The fourth-order valence-corrected chi connectivity index (χ4v) is 3.89. The Labute approximate surface area is 129 Å². The number of rotatable bonds is 7. The Kier molecular flexibility index (Phi) is 5.82. The minimum atomic E-state index is 0.294. The third kappa shape index (κ3) is 3.67. The second-order valence-electron chi connectivity index (χ2n) is 6.58. The number of aryl methyl sites for hydroxylation is 1. The molecule has 4 heteroatoms. The maximum Gasteiger partial charge on any atom is 0.0522 e. The summed E-state index contributed by atoms with van der Waals surface area (Å²) in [5, 5.41) is 8.21. The molecule has 1 fully saturated rings. The van der Waals surface area contributed by atoms with Gasteiger partial charge in [0.1, 0.15) is 0 Å². The van der Waals surface area contributed by atoms with Crippen LogP contribution in [0.15, 0.2) is 12.4 Å². The van der Waals surface area contributed by atoms with Crippen LogP contribution in [0, 0.1) is 0 Å². The fourth-order valence-electron chi connectivity index (χ4n) is 3.89. The van der Waals surface area contributed by atoms with Crippen molar-refractivity contribution in [3.63, 3.8) is 0 Å². The minimum Gasteiger partial charge on any atom is -0.312 e. The smallest absolute Gasteiger partial charge is 0.0522 e. The van der Waals surface area contributed by atoms with Gasteiger partial charge in [-0.15, -0.1) is 0 Å². The van der Waals surface area contributed by atoms with E-state index in [1.165, 1.54) is 37.7 Å². The molecule has 0 aromatic carbocycles. The van der Waals surface area contributed by atoms with Crippen molar-refractivity contribution >= 4 is 0 Å². The van der Waals surface area contributed by atoms with Crippen LogP contribution in [0.5, 0.6) is 0 Å². The van der Waals surface area contributed by atoms with Crippen LogP contribution in [0.2, 0.25) is 0 Å². The third-order valence-electron chi connectivity index (χ3n) is 5.16. The van der Waals surface area contributed by atoms with Gasteiger partial charge in [-0.1, -0.05) is 26.2 Å². The molecule has 1 unspecified atom stereocenters. The van der Waals surface area contributed by atoms with E-state index in [-0.39, 0.29) is 0 Å². The van der Waals surface area contributed by atoms with E-state index in [0.29, 0.717) is 11.6 Å². The van der Waals surface area contributed by atoms with Crippen LogP contribution in [0.3, 0.4) is 0 Å². The van der Waals surface area contributed by atoms with Crippen molar-refractivity contribution in [3.05, 3.63) is 18.0 Å². The molecular weight excluding hydrogens is 260 g/mol. The fraction of sp³-hybridized carbons (Fsp3) is 0.824. The zero-order valence-electron chi connectivity index (χ0n) is 14.2. The summed E-state index contributed by atoms with van der Waals surface area (Å²) in [4.78, 5) is 2.48. The molecule has 2 rings (SSSR count). The summed E-state index contributed by atoms with van der Waals surface area (Å²) < 4.78 is 2.03. The molecule has 21 heavy (non-hydrogen) atoms. The van der Waals surface area contributed by atoms with Gasteiger partial charge in [-0.3, -0.25) is 4.68 Å². The number of nitrogens with one attached hydrogen (secondary N) is 1. The van der Waals surface area contributed by atoms with Gasteiger partial charge < -0.3 is 10.2 Å². The van der Waals surface area contributed by atoms with E-state index in [1.807, 2.05) is 10.9 Å². The Morgan fingerprint density at radius 3 is 2.52 bits per heavy atom. The number of hydrogen-bond acceptors (Lipinski definition) is 3. The largest absolute Gasteiger partial charge is 0.312 e. The van der Waals surface area contributed by atoms with Crippen LogP contribution in [-0.2, 0) is 13.0 Å². The van der Waals surface area contributed by atoms with Crippen LogP contribution in [-0.4, -0.2) is 46.9 Å². The maximum atomic E-state index is 4.44. The lowest BCUT2D eigenvalue weighted by Crippen LogP contribution is -2.60. The SMILES string of the molecule is CCNC(Cc1cnn(CC)c1)C1(N(C)C)CCCCC1. The maximum absolute atomic E-state index is 4.44. The summed E-state index contributed by atoms with van der Waals surface area (Å²) in [5.41, 5.74) is 1.65. The zero-order valence-corrected chi connectivity index (χ0v) is 14.2. The van der Waals surface area contributed by atoms with E-state index in [2.05, 4.69) is 49.5 Å². The van der Waals surface area contributed by atoms with E-state index in [9.17, 15) is 0 Å². The average molecular weight is 292 g/mol. The highest BCUT2D eigenvalue weighted by Crippen LogP contribution is 2.36. The lowest BCUT2D eigenvalue weighted by Gasteiger charge is -2.49. The van der Waals surface area contributed by atoms with Crippen molar-refractivity contribution in [2.24, 2.45) is 0 Å². The van der Waals surface area contributed by atoms with Gasteiger partial charge in [0.2, 0.25) is 0 Å². The van der Waals surface area contributed by atoms with Crippen LogP contribution in [0.1, 0.15) is 51.5 Å². The standard InChI is InChI=1S/C17H32N4/c1-5-18-16(12-15-13-19-21(6-2)14-15)17(20(3)4)10-8-7-9-11-17/h13-14,16,18H,5-12H2,1-4H3. The predicted octanol–water partition coefficient (Wildman–Crippen LogP) is 2.69. The molecule has 0 saturated heterocycles. The Morgan fingerprint density at radius 1 is 1.29 bits per heavy atom. The monoisotopic (exact) mass is 292 g/mol. The summed E-state index contributed by atoms with van der Waals surface area (Å²) in [5.74, 6) is 0. The number of likely N-dealkylation sites (N-methyl/N-ethyl adjacent to an activating group) is 2. The van der Waals surface area contributed by atoms with Crippen molar-refractivity contribution in [1.82, 2.24) is 20.0 Å². The summed E-state index contributed by atoms with van der Waals surface area (Å²) in [7, 11) is 4.51. The average Bonchev–Trinajstić information content (AvgIpc) is 2.95. The molecule has 1 aliphatic carbocycles. The normalized spacial score (nSPS) is 19.9. The molecule has 1 atom stereocenters. The lowest BCUT2D eigenvalue weighted by atomic mass is 9.73. The van der Waals surface area contributed by atoms with E-state index >= 15 is 0 Å². The second-order valence-corrected chi connectivity index (χ2v) is 6.58. The summed E-state index contributed by atoms with van der Waals surface area (Å²) >= 11 is 0. The quantitative estimate of drug-likeness (QED) is 0.839. The molecule has 1 saturated carbocycles. The first kappa shape index (κ1) is 16.5. The van der Waals surface area contributed by atoms with Crippen LogP contribution >= 0.6 is 0 Å². The van der Waals surface area contributed by atoms with E-state index in [1.54, 1.807) is 0 Å². The van der Waals surface area contributed by atoms with E-state index < -0.39 is 0 Å². The number of hydrogen-bond donors (Lipinski definition) is 1. The van der Waals surface area contributed by atoms with Crippen LogP contribution in [0.4, 0.5) is 0 Å². The van der Waals surface area contributed by atoms with Gasteiger partial charge in [-0.2, -0.15) is 5.10 Å². The van der Waals surface area contributed by atoms with Gasteiger partial charge in [-0.25, -0.2) is 0 Å². The first-order chi connectivity index (χ1) is 10.1. The molecule has 1 heterocycles. The molecule has 0 bridgehead atoms. The van der Waals surface area contributed by atoms with Gasteiger partial charge in [0.05, 0.1) is 6.20 Å². The summed E-state index contributed by atoms with van der Waals surface area (Å²) in [6.07, 6.45) is 12.0. The van der Waals surface area contributed by atoms with Crippen molar-refractivity contribution in [2.45, 2.75) is 70.5 Å². The topological polar surface area (TPSA) is 33.1 Å². The molecule has 0 spiro atoms. The molecule has 0 radical (unpaired) electrons. The zero-order chi connectivity index (χ0) is 15.3.